The molecule has 12 heavy (non-hydrogen) atoms. The topological polar surface area (TPSA) is 0 Å². The first-order valence-corrected chi connectivity index (χ1v) is 5.19. The highest BCUT2D eigenvalue weighted by Gasteiger charge is 2.68. The molecular formula is C5H5F6I. The predicted molar refractivity (Wildman–Crippen MR) is 41.7 cm³/mol. The molecule has 0 rings (SSSR count). The van der Waals surface area contributed by atoms with Crippen LogP contribution in [0.2, 0.25) is 0 Å². The van der Waals surface area contributed by atoms with E-state index in [1.54, 1.807) is 0 Å². The minimum atomic E-state index is -5.30. The van der Waals surface area contributed by atoms with Gasteiger partial charge >= 0.3 is 15.8 Å². The Bertz CT molecular complexity index is 181. The molecule has 74 valence electrons. The van der Waals surface area contributed by atoms with Crippen LogP contribution in [-0.2, 0) is 0 Å². The SMILES string of the molecule is C=IC(F)(F)C(F)(F)C(C)(F)F. The molecule has 0 aliphatic carbocycles. The van der Waals surface area contributed by atoms with Gasteiger partial charge in [0.15, 0.2) is 0 Å². The fourth-order valence-corrected chi connectivity index (χ4v) is 1.29. The van der Waals surface area contributed by atoms with Gasteiger partial charge in [-0.2, -0.15) is 26.3 Å². The van der Waals surface area contributed by atoms with E-state index in [1.165, 1.54) is 0 Å². The van der Waals surface area contributed by atoms with Crippen molar-refractivity contribution in [2.45, 2.75) is 22.7 Å². The van der Waals surface area contributed by atoms with Crippen LogP contribution in [0.3, 0.4) is 0 Å². The van der Waals surface area contributed by atoms with Crippen molar-refractivity contribution in [3.8, 4) is 0 Å². The van der Waals surface area contributed by atoms with Crippen molar-refractivity contribution in [2.24, 2.45) is 0 Å². The van der Waals surface area contributed by atoms with Gasteiger partial charge < -0.3 is 0 Å². The van der Waals surface area contributed by atoms with Crippen LogP contribution in [0.25, 0.3) is 0 Å². The molecule has 0 aromatic heterocycles. The first kappa shape index (κ1) is 12.2. The van der Waals surface area contributed by atoms with Crippen molar-refractivity contribution in [3.63, 3.8) is 0 Å². The lowest BCUT2D eigenvalue weighted by Crippen LogP contribution is -2.49. The van der Waals surface area contributed by atoms with E-state index in [0.29, 0.717) is 0 Å². The second-order valence-electron chi connectivity index (χ2n) is 2.09. The maximum absolute atomic E-state index is 12.2. The molecule has 0 aromatic rings. The van der Waals surface area contributed by atoms with Crippen molar-refractivity contribution in [1.82, 2.24) is 0 Å². The molecule has 0 radical (unpaired) electrons. The highest BCUT2D eigenvalue weighted by molar-refractivity contribution is 14.2. The summed E-state index contributed by atoms with van der Waals surface area (Å²) in [5, 5.41) is 0. The third-order valence-corrected chi connectivity index (χ3v) is 2.71. The summed E-state index contributed by atoms with van der Waals surface area (Å²) in [5.74, 6) is -10.0. The molecule has 7 heteroatoms. The molecule has 0 saturated heterocycles. The molecule has 0 bridgehead atoms. The quantitative estimate of drug-likeness (QED) is 0.426. The smallest absolute Gasteiger partial charge is 0.200 e. The average molecular weight is 306 g/mol. The molecule has 0 unspecified atom stereocenters. The standard InChI is InChI=1S/C5H5F6I/c1-3(6,7)4(8,9)5(10,11)12-2/h2H2,1H3. The monoisotopic (exact) mass is 306 g/mol. The molecule has 0 amide bonds. The number of alkyl halides is 7. The Hall–Kier alpha value is 0.180. The van der Waals surface area contributed by atoms with Crippen LogP contribution >= 0.6 is 20.7 Å². The molecule has 0 aliphatic heterocycles. The lowest BCUT2D eigenvalue weighted by molar-refractivity contribution is -0.262. The van der Waals surface area contributed by atoms with Gasteiger partial charge in [0.1, 0.15) is 0 Å². The largest absolute Gasteiger partial charge is 0.380 e. The third-order valence-electron chi connectivity index (χ3n) is 1.08. The van der Waals surface area contributed by atoms with Crippen LogP contribution in [0.4, 0.5) is 26.3 Å². The van der Waals surface area contributed by atoms with Crippen LogP contribution in [0.15, 0.2) is 0 Å². The van der Waals surface area contributed by atoms with Gasteiger partial charge in [-0.15, -0.1) is 0 Å². The Morgan fingerprint density at radius 2 is 1.33 bits per heavy atom. The average Bonchev–Trinajstić information content (AvgIpc) is 1.85. The summed E-state index contributed by atoms with van der Waals surface area (Å²) in [6.07, 6.45) is 0. The highest BCUT2D eigenvalue weighted by Crippen LogP contribution is 2.50. The van der Waals surface area contributed by atoms with Crippen molar-refractivity contribution < 1.29 is 26.3 Å². The van der Waals surface area contributed by atoms with Gasteiger partial charge in [-0.05, 0) is 20.7 Å². The van der Waals surface area contributed by atoms with Gasteiger partial charge in [0, 0.05) is 6.92 Å². The van der Waals surface area contributed by atoms with E-state index in [1.807, 2.05) is 0 Å². The van der Waals surface area contributed by atoms with E-state index in [2.05, 4.69) is 4.51 Å². The van der Waals surface area contributed by atoms with E-state index in [0.717, 1.165) is 0 Å². The van der Waals surface area contributed by atoms with Crippen molar-refractivity contribution in [2.75, 3.05) is 0 Å². The van der Waals surface area contributed by atoms with Crippen LogP contribution in [0, 0.1) is 0 Å². The molecule has 0 N–H and O–H groups in total. The zero-order valence-electron chi connectivity index (χ0n) is 5.85. The van der Waals surface area contributed by atoms with E-state index < -0.39 is 36.5 Å². The fraction of sp³-hybridized carbons (Fsp3) is 0.800. The first-order chi connectivity index (χ1) is 5.06. The Labute approximate surface area is 74.7 Å². The van der Waals surface area contributed by atoms with Gasteiger partial charge in [0.05, 0.1) is 0 Å². The second-order valence-corrected chi connectivity index (χ2v) is 4.21. The first-order valence-electron chi connectivity index (χ1n) is 2.59. The highest BCUT2D eigenvalue weighted by atomic mass is 127. The molecule has 0 atom stereocenters. The Morgan fingerprint density at radius 3 is 1.42 bits per heavy atom. The third kappa shape index (κ3) is 1.91. The summed E-state index contributed by atoms with van der Waals surface area (Å²) in [6, 6.07) is 0. The van der Waals surface area contributed by atoms with Crippen molar-refractivity contribution in [1.29, 1.82) is 0 Å². The van der Waals surface area contributed by atoms with Crippen molar-refractivity contribution in [3.05, 3.63) is 0 Å². The number of rotatable bonds is 3. The Morgan fingerprint density at radius 1 is 1.00 bits per heavy atom. The molecule has 0 nitrogen and oxygen atoms in total. The maximum Gasteiger partial charge on any atom is 0.380 e. The van der Waals surface area contributed by atoms with Gasteiger partial charge in [-0.25, -0.2) is 0 Å². The van der Waals surface area contributed by atoms with E-state index >= 15 is 0 Å². The molecule has 0 spiro atoms. The summed E-state index contributed by atoms with van der Waals surface area (Å²) in [6.45, 7) is -0.236. The Balaban J connectivity index is 4.97. The minimum Gasteiger partial charge on any atom is -0.200 e. The summed E-state index contributed by atoms with van der Waals surface area (Å²) < 4.78 is 70.6. The fourth-order valence-electron chi connectivity index (χ4n) is 0.333. The van der Waals surface area contributed by atoms with Gasteiger partial charge in [-0.1, -0.05) is 4.51 Å². The van der Waals surface area contributed by atoms with Crippen LogP contribution in [-0.4, -0.2) is 20.3 Å². The van der Waals surface area contributed by atoms with E-state index in [9.17, 15) is 26.3 Å². The molecule has 0 aromatic carbocycles. The predicted octanol–water partition coefficient (Wildman–Crippen LogP) is 3.27. The summed E-state index contributed by atoms with van der Waals surface area (Å²) in [4.78, 5) is 0. The summed E-state index contributed by atoms with van der Waals surface area (Å²) >= 11 is -2.51. The minimum absolute atomic E-state index is 0.236. The number of hydrogen-bond donors (Lipinski definition) is 0. The summed E-state index contributed by atoms with van der Waals surface area (Å²) in [5.41, 5.74) is 0. The second kappa shape index (κ2) is 3.15. The van der Waals surface area contributed by atoms with E-state index in [-0.39, 0.29) is 6.92 Å². The number of halogens is 7. The lowest BCUT2D eigenvalue weighted by atomic mass is 10.2. The maximum atomic E-state index is 12.2. The lowest BCUT2D eigenvalue weighted by Gasteiger charge is -2.27. The van der Waals surface area contributed by atoms with Crippen LogP contribution in [0.1, 0.15) is 6.92 Å². The molecule has 0 saturated carbocycles. The van der Waals surface area contributed by atoms with Gasteiger partial charge in [-0.3, -0.25) is 0 Å². The summed E-state index contributed by atoms with van der Waals surface area (Å²) in [7, 11) is 0. The normalized spacial score (nSPS) is 14.9. The van der Waals surface area contributed by atoms with Gasteiger partial charge in [0.2, 0.25) is 0 Å². The molecular weight excluding hydrogens is 301 g/mol. The Kier molecular flexibility index (Phi) is 3.20. The molecule has 0 fully saturated rings. The zero-order chi connectivity index (χ0) is 10.2. The molecule has 0 heterocycles. The van der Waals surface area contributed by atoms with Crippen LogP contribution < -0.4 is 0 Å². The van der Waals surface area contributed by atoms with Gasteiger partial charge in [0.25, 0.3) is 0 Å². The number of hydrogen-bond acceptors (Lipinski definition) is 0. The van der Waals surface area contributed by atoms with E-state index in [4.69, 9.17) is 0 Å². The van der Waals surface area contributed by atoms with Crippen LogP contribution in [0.5, 0.6) is 0 Å². The zero-order valence-corrected chi connectivity index (χ0v) is 8.01. The van der Waals surface area contributed by atoms with Crippen molar-refractivity contribution >= 4 is 25.2 Å². The molecule has 0 aliphatic rings.